The van der Waals surface area contributed by atoms with Crippen molar-refractivity contribution in [2.75, 3.05) is 32.8 Å². The third-order valence-corrected chi connectivity index (χ3v) is 4.19. The van der Waals surface area contributed by atoms with Gasteiger partial charge < -0.3 is 10.1 Å². The number of nitrogens with zero attached hydrogens (tertiary/aromatic N) is 2. The molecule has 0 amide bonds. The third kappa shape index (κ3) is 7.38. The molecule has 0 spiro atoms. The van der Waals surface area contributed by atoms with E-state index in [-0.39, 0.29) is 0 Å². The third-order valence-electron chi connectivity index (χ3n) is 3.95. The summed E-state index contributed by atoms with van der Waals surface area (Å²) in [5.41, 5.74) is 5.52. The number of likely N-dealkylation sites (tertiary alicyclic amines) is 1. The number of hydrogen-bond donors (Lipinski definition) is 2. The molecule has 1 aromatic carbocycles. The van der Waals surface area contributed by atoms with Crippen LogP contribution in [0.2, 0.25) is 0 Å². The lowest BCUT2D eigenvalue weighted by molar-refractivity contribution is 0.145. The fourth-order valence-electron chi connectivity index (χ4n) is 2.61. The first-order valence-electron chi connectivity index (χ1n) is 8.71. The van der Waals surface area contributed by atoms with Crippen molar-refractivity contribution >= 4 is 23.0 Å². The van der Waals surface area contributed by atoms with Crippen LogP contribution in [0.5, 0.6) is 0 Å². The van der Waals surface area contributed by atoms with Crippen LogP contribution in [0, 0.1) is 0 Å². The van der Waals surface area contributed by atoms with Crippen molar-refractivity contribution < 1.29 is 4.74 Å². The fraction of sp³-hybridized carbons (Fsp3) is 0.556. The highest BCUT2D eigenvalue weighted by atomic mass is 32.1. The molecule has 132 valence electrons. The van der Waals surface area contributed by atoms with E-state index in [4.69, 9.17) is 17.0 Å². The molecule has 0 radical (unpaired) electrons. The van der Waals surface area contributed by atoms with Crippen molar-refractivity contribution in [2.24, 2.45) is 5.10 Å². The second-order valence-corrected chi connectivity index (χ2v) is 6.27. The molecule has 1 saturated heterocycles. The number of nitrogens with one attached hydrogen (secondary N) is 2. The Hall–Kier alpha value is -1.50. The second-order valence-electron chi connectivity index (χ2n) is 5.86. The maximum Gasteiger partial charge on any atom is 0.186 e. The number of thiocarbonyl (C=S) groups is 1. The Morgan fingerprint density at radius 3 is 2.71 bits per heavy atom. The molecule has 0 aromatic heterocycles. The summed E-state index contributed by atoms with van der Waals surface area (Å²) in [5, 5.41) is 8.18. The number of piperidine rings is 1. The summed E-state index contributed by atoms with van der Waals surface area (Å²) in [4.78, 5) is 2.47. The van der Waals surface area contributed by atoms with E-state index in [2.05, 4.69) is 51.1 Å². The smallest absolute Gasteiger partial charge is 0.186 e. The largest absolute Gasteiger partial charge is 0.382 e. The van der Waals surface area contributed by atoms with Crippen molar-refractivity contribution in [3.63, 3.8) is 0 Å². The molecule has 24 heavy (non-hydrogen) atoms. The molecule has 1 aromatic rings. The standard InChI is InChI=1S/C18H28N4OS/c1-2-23-14-6-11-19-18(24)21-20-17-9-12-22(13-10-17)15-16-7-4-3-5-8-16/h3-5,7-8H,2,6,9-15H2,1H3,(H2,19,21,24). The molecular formula is C18H28N4OS. The van der Waals surface area contributed by atoms with Gasteiger partial charge in [-0.2, -0.15) is 5.10 Å². The lowest BCUT2D eigenvalue weighted by Gasteiger charge is -2.27. The van der Waals surface area contributed by atoms with E-state index in [0.717, 1.165) is 58.7 Å². The number of rotatable bonds is 8. The van der Waals surface area contributed by atoms with Crippen molar-refractivity contribution in [2.45, 2.75) is 32.7 Å². The maximum absolute atomic E-state index is 5.29. The summed E-state index contributed by atoms with van der Waals surface area (Å²) in [5.74, 6) is 0. The Labute approximate surface area is 150 Å². The number of ether oxygens (including phenoxy) is 1. The lowest BCUT2D eigenvalue weighted by Crippen LogP contribution is -2.37. The molecule has 2 N–H and O–H groups in total. The van der Waals surface area contributed by atoms with E-state index in [0.29, 0.717) is 5.11 Å². The fourth-order valence-corrected chi connectivity index (χ4v) is 2.76. The topological polar surface area (TPSA) is 48.9 Å². The molecule has 0 atom stereocenters. The van der Waals surface area contributed by atoms with Gasteiger partial charge in [-0.1, -0.05) is 30.3 Å². The van der Waals surface area contributed by atoms with E-state index in [1.54, 1.807) is 0 Å². The SMILES string of the molecule is CCOCCCNC(=S)NN=C1CCN(Cc2ccccc2)CC1. The summed E-state index contributed by atoms with van der Waals surface area (Å²) < 4.78 is 5.29. The number of benzene rings is 1. The summed E-state index contributed by atoms with van der Waals surface area (Å²) in [6.07, 6.45) is 2.93. The lowest BCUT2D eigenvalue weighted by atomic mass is 10.1. The Kier molecular flexibility index (Phi) is 8.73. The highest BCUT2D eigenvalue weighted by Crippen LogP contribution is 2.11. The molecule has 2 rings (SSSR count). The van der Waals surface area contributed by atoms with Crippen LogP contribution < -0.4 is 10.7 Å². The van der Waals surface area contributed by atoms with Crippen molar-refractivity contribution in [3.05, 3.63) is 35.9 Å². The number of hydrogen-bond acceptors (Lipinski definition) is 4. The van der Waals surface area contributed by atoms with Crippen LogP contribution in [-0.2, 0) is 11.3 Å². The molecule has 6 heteroatoms. The van der Waals surface area contributed by atoms with Crippen LogP contribution in [0.25, 0.3) is 0 Å². The zero-order valence-electron chi connectivity index (χ0n) is 14.5. The van der Waals surface area contributed by atoms with Gasteiger partial charge in [0.1, 0.15) is 0 Å². The van der Waals surface area contributed by atoms with Gasteiger partial charge in [0, 0.05) is 57.9 Å². The molecule has 5 nitrogen and oxygen atoms in total. The van der Waals surface area contributed by atoms with Gasteiger partial charge in [0.05, 0.1) is 0 Å². The Morgan fingerprint density at radius 1 is 1.25 bits per heavy atom. The summed E-state index contributed by atoms with van der Waals surface area (Å²) in [6.45, 7) is 7.44. The highest BCUT2D eigenvalue weighted by molar-refractivity contribution is 7.80. The zero-order valence-corrected chi connectivity index (χ0v) is 15.3. The Balaban J connectivity index is 1.61. The normalized spacial score (nSPS) is 15.1. The molecule has 0 bridgehead atoms. The zero-order chi connectivity index (χ0) is 17.0. The second kappa shape index (κ2) is 11.1. The van der Waals surface area contributed by atoms with E-state index < -0.39 is 0 Å². The van der Waals surface area contributed by atoms with E-state index in [1.807, 2.05) is 6.92 Å². The molecule has 0 aliphatic carbocycles. The summed E-state index contributed by atoms with van der Waals surface area (Å²) in [7, 11) is 0. The van der Waals surface area contributed by atoms with Crippen LogP contribution in [0.15, 0.2) is 35.4 Å². The van der Waals surface area contributed by atoms with Gasteiger partial charge >= 0.3 is 0 Å². The Bertz CT molecular complexity index is 511. The van der Waals surface area contributed by atoms with Gasteiger partial charge in [0.25, 0.3) is 0 Å². The molecular weight excluding hydrogens is 320 g/mol. The highest BCUT2D eigenvalue weighted by Gasteiger charge is 2.15. The van der Waals surface area contributed by atoms with E-state index in [1.165, 1.54) is 11.3 Å². The van der Waals surface area contributed by atoms with Gasteiger partial charge in [-0.05, 0) is 31.1 Å². The number of hydrazone groups is 1. The first kappa shape index (κ1) is 18.8. The predicted octanol–water partition coefficient (Wildman–Crippen LogP) is 2.53. The quantitative estimate of drug-likeness (QED) is 0.429. The predicted molar refractivity (Wildman–Crippen MR) is 103 cm³/mol. The van der Waals surface area contributed by atoms with E-state index >= 15 is 0 Å². The van der Waals surface area contributed by atoms with Crippen LogP contribution in [0.3, 0.4) is 0 Å². The van der Waals surface area contributed by atoms with Crippen LogP contribution in [0.1, 0.15) is 31.7 Å². The minimum atomic E-state index is 0.589. The summed E-state index contributed by atoms with van der Waals surface area (Å²) in [6, 6.07) is 10.6. The molecule has 0 saturated carbocycles. The van der Waals surface area contributed by atoms with Crippen molar-refractivity contribution in [1.82, 2.24) is 15.6 Å². The van der Waals surface area contributed by atoms with Gasteiger partial charge in [-0.25, -0.2) is 0 Å². The van der Waals surface area contributed by atoms with Gasteiger partial charge in [0.2, 0.25) is 0 Å². The molecule has 1 heterocycles. The molecule has 0 unspecified atom stereocenters. The van der Waals surface area contributed by atoms with Gasteiger partial charge in [-0.3, -0.25) is 10.3 Å². The van der Waals surface area contributed by atoms with Crippen molar-refractivity contribution in [1.29, 1.82) is 0 Å². The average molecular weight is 349 g/mol. The van der Waals surface area contributed by atoms with Crippen LogP contribution in [-0.4, -0.2) is 48.6 Å². The average Bonchev–Trinajstić information content (AvgIpc) is 2.62. The minimum absolute atomic E-state index is 0.589. The molecule has 1 fully saturated rings. The van der Waals surface area contributed by atoms with Crippen LogP contribution in [0.4, 0.5) is 0 Å². The summed E-state index contributed by atoms with van der Waals surface area (Å²) >= 11 is 5.23. The van der Waals surface area contributed by atoms with Crippen molar-refractivity contribution in [3.8, 4) is 0 Å². The Morgan fingerprint density at radius 2 is 2.00 bits per heavy atom. The van der Waals surface area contributed by atoms with Gasteiger partial charge in [0.15, 0.2) is 5.11 Å². The monoisotopic (exact) mass is 348 g/mol. The minimum Gasteiger partial charge on any atom is -0.382 e. The molecule has 1 aliphatic heterocycles. The van der Waals surface area contributed by atoms with E-state index in [9.17, 15) is 0 Å². The van der Waals surface area contributed by atoms with Crippen LogP contribution >= 0.6 is 12.2 Å². The van der Waals surface area contributed by atoms with Gasteiger partial charge in [-0.15, -0.1) is 0 Å². The maximum atomic E-state index is 5.29. The molecule has 1 aliphatic rings. The first-order valence-corrected chi connectivity index (χ1v) is 9.12. The first-order chi connectivity index (χ1) is 11.8.